The number of nitrogens with zero attached hydrogens (tertiary/aromatic N) is 3. The molecule has 0 saturated heterocycles. The lowest BCUT2D eigenvalue weighted by Gasteiger charge is -1.95. The van der Waals surface area contributed by atoms with E-state index >= 15 is 0 Å². The van der Waals surface area contributed by atoms with Gasteiger partial charge in [-0.15, -0.1) is 0 Å². The highest BCUT2D eigenvalue weighted by molar-refractivity contribution is 5.55. The van der Waals surface area contributed by atoms with Crippen LogP contribution in [-0.4, -0.2) is 16.3 Å². The quantitative estimate of drug-likeness (QED) is 0.473. The molecule has 0 atom stereocenters. The summed E-state index contributed by atoms with van der Waals surface area (Å²) in [4.78, 5) is 11.8. The fourth-order valence-corrected chi connectivity index (χ4v) is 0.832. The Morgan fingerprint density at radius 1 is 1.36 bits per heavy atom. The summed E-state index contributed by atoms with van der Waals surface area (Å²) in [5.41, 5.74) is 6.89. The predicted molar refractivity (Wildman–Crippen MR) is 43.8 cm³/mol. The Morgan fingerprint density at radius 3 is 2.36 bits per heavy atom. The molecule has 0 unspecified atom stereocenters. The number of rotatable bonds is 1. The van der Waals surface area contributed by atoms with Crippen LogP contribution in [-0.2, 0) is 0 Å². The molecular weight excluding hydrogens is 140 g/mol. The first-order valence-corrected chi connectivity index (χ1v) is 3.29. The number of hydrogen-bond acceptors (Lipinski definition) is 3. The van der Waals surface area contributed by atoms with E-state index in [1.54, 1.807) is 0 Å². The van der Waals surface area contributed by atoms with E-state index < -0.39 is 0 Å². The summed E-state index contributed by atoms with van der Waals surface area (Å²) in [5.74, 6) is 0.421. The average Bonchev–Trinajstić information content (AvgIpc) is 1.85. The molecule has 0 radical (unpaired) electrons. The Morgan fingerprint density at radius 2 is 1.91 bits per heavy atom. The van der Waals surface area contributed by atoms with Crippen molar-refractivity contribution in [3.63, 3.8) is 0 Å². The molecule has 4 nitrogen and oxygen atoms in total. The van der Waals surface area contributed by atoms with Gasteiger partial charge in [-0.25, -0.2) is 15.0 Å². The van der Waals surface area contributed by atoms with Crippen LogP contribution in [0.25, 0.3) is 0 Å². The van der Waals surface area contributed by atoms with Crippen LogP contribution < -0.4 is 5.73 Å². The van der Waals surface area contributed by atoms with Crippen molar-refractivity contribution in [3.8, 4) is 0 Å². The zero-order chi connectivity index (χ0) is 8.27. The van der Waals surface area contributed by atoms with Gasteiger partial charge in [0.25, 0.3) is 5.95 Å². The van der Waals surface area contributed by atoms with Crippen LogP contribution in [0, 0.1) is 13.8 Å². The molecule has 1 heterocycles. The average molecular weight is 150 g/mol. The molecule has 0 bridgehead atoms. The smallest absolute Gasteiger partial charge is 0.251 e. The highest BCUT2D eigenvalue weighted by Gasteiger charge is 1.94. The van der Waals surface area contributed by atoms with Crippen LogP contribution in [0.4, 0.5) is 5.95 Å². The molecule has 1 aromatic rings. The third-order valence-corrected chi connectivity index (χ3v) is 1.16. The van der Waals surface area contributed by atoms with Crippen LogP contribution in [0.3, 0.4) is 0 Å². The molecule has 0 aliphatic rings. The number of aliphatic imine (C=N–C) groups is 1. The highest BCUT2D eigenvalue weighted by Crippen LogP contribution is 2.05. The summed E-state index contributed by atoms with van der Waals surface area (Å²) < 4.78 is 0. The van der Waals surface area contributed by atoms with Crippen molar-refractivity contribution in [1.29, 1.82) is 0 Å². The molecule has 0 fully saturated rings. The Kier molecular flexibility index (Phi) is 2.15. The maximum atomic E-state index is 5.09. The molecule has 0 amide bonds. The van der Waals surface area contributed by atoms with Crippen molar-refractivity contribution in [2.75, 3.05) is 0 Å². The van der Waals surface area contributed by atoms with Gasteiger partial charge in [-0.1, -0.05) is 0 Å². The number of aryl methyl sites for hydroxylation is 2. The van der Waals surface area contributed by atoms with Crippen LogP contribution >= 0.6 is 0 Å². The summed E-state index contributed by atoms with van der Waals surface area (Å²) in [6, 6.07) is 1.88. The molecule has 0 aromatic carbocycles. The van der Waals surface area contributed by atoms with Crippen molar-refractivity contribution in [3.05, 3.63) is 17.5 Å². The number of aromatic nitrogens is 2. The number of nitrogens with two attached hydrogens (primary N) is 1. The van der Waals surface area contributed by atoms with Gasteiger partial charge in [-0.05, 0) is 19.9 Å². The second kappa shape index (κ2) is 3.09. The van der Waals surface area contributed by atoms with Crippen molar-refractivity contribution in [2.45, 2.75) is 13.8 Å². The highest BCUT2D eigenvalue weighted by atomic mass is 15.1. The van der Waals surface area contributed by atoms with Crippen molar-refractivity contribution in [2.24, 2.45) is 10.7 Å². The van der Waals surface area contributed by atoms with E-state index in [0.717, 1.165) is 11.4 Å². The van der Waals surface area contributed by atoms with Crippen LogP contribution in [0.1, 0.15) is 11.4 Å². The molecule has 0 spiro atoms. The first kappa shape index (κ1) is 7.65. The first-order valence-electron chi connectivity index (χ1n) is 3.29. The number of hydrogen-bond donors (Lipinski definition) is 1. The largest absolute Gasteiger partial charge is 0.390 e. The van der Waals surface area contributed by atoms with Gasteiger partial charge >= 0.3 is 0 Å². The Hall–Kier alpha value is -1.45. The monoisotopic (exact) mass is 150 g/mol. The lowest BCUT2D eigenvalue weighted by molar-refractivity contribution is 1.04. The third kappa shape index (κ3) is 2.00. The summed E-state index contributed by atoms with van der Waals surface area (Å²) >= 11 is 0. The molecule has 1 aromatic heterocycles. The summed E-state index contributed by atoms with van der Waals surface area (Å²) in [7, 11) is 0. The van der Waals surface area contributed by atoms with Gasteiger partial charge in [0.05, 0.1) is 6.34 Å². The van der Waals surface area contributed by atoms with Crippen LogP contribution in [0.2, 0.25) is 0 Å². The molecular formula is C7H10N4. The minimum Gasteiger partial charge on any atom is -0.390 e. The molecule has 11 heavy (non-hydrogen) atoms. The van der Waals surface area contributed by atoms with Crippen LogP contribution in [0.15, 0.2) is 11.1 Å². The van der Waals surface area contributed by atoms with Crippen molar-refractivity contribution in [1.82, 2.24) is 9.97 Å². The lowest BCUT2D eigenvalue weighted by atomic mass is 10.4. The third-order valence-electron chi connectivity index (χ3n) is 1.16. The Labute approximate surface area is 65.2 Å². The van der Waals surface area contributed by atoms with Crippen LogP contribution in [0.5, 0.6) is 0 Å². The Balaban J connectivity index is 3.08. The minimum atomic E-state index is 0.421. The zero-order valence-electron chi connectivity index (χ0n) is 6.57. The second-order valence-corrected chi connectivity index (χ2v) is 2.23. The molecule has 4 heteroatoms. The minimum absolute atomic E-state index is 0.421. The predicted octanol–water partition coefficient (Wildman–Crippen LogP) is 0.712. The SMILES string of the molecule is Cc1cc(C)nc(N=CN)n1. The standard InChI is InChI=1S/C7H10N4/c1-5-3-6(2)11-7(10-5)9-4-8/h3-4H,1-2H3,(H2,8,9,10,11). The maximum Gasteiger partial charge on any atom is 0.251 e. The van der Waals surface area contributed by atoms with E-state index in [9.17, 15) is 0 Å². The topological polar surface area (TPSA) is 64.2 Å². The molecule has 58 valence electrons. The summed E-state index contributed by atoms with van der Waals surface area (Å²) in [5, 5.41) is 0. The van der Waals surface area contributed by atoms with Gasteiger partial charge in [0.1, 0.15) is 0 Å². The van der Waals surface area contributed by atoms with E-state index in [1.807, 2.05) is 19.9 Å². The fourth-order valence-electron chi connectivity index (χ4n) is 0.832. The molecule has 0 aliphatic heterocycles. The maximum absolute atomic E-state index is 5.09. The lowest BCUT2D eigenvalue weighted by Crippen LogP contribution is -1.92. The molecule has 0 saturated carbocycles. The molecule has 0 aliphatic carbocycles. The van der Waals surface area contributed by atoms with Gasteiger partial charge in [-0.3, -0.25) is 0 Å². The van der Waals surface area contributed by atoms with Gasteiger partial charge in [0, 0.05) is 11.4 Å². The van der Waals surface area contributed by atoms with Gasteiger partial charge in [0.2, 0.25) is 0 Å². The van der Waals surface area contributed by atoms with Gasteiger partial charge in [-0.2, -0.15) is 0 Å². The van der Waals surface area contributed by atoms with E-state index in [0.29, 0.717) is 5.95 Å². The molecule has 1 rings (SSSR count). The zero-order valence-corrected chi connectivity index (χ0v) is 6.57. The van der Waals surface area contributed by atoms with E-state index in [2.05, 4.69) is 15.0 Å². The first-order chi connectivity index (χ1) is 5.22. The summed E-state index contributed by atoms with van der Waals surface area (Å²) in [6.07, 6.45) is 1.19. The van der Waals surface area contributed by atoms with Gasteiger partial charge in [0.15, 0.2) is 0 Å². The van der Waals surface area contributed by atoms with Crippen molar-refractivity contribution >= 4 is 12.3 Å². The fraction of sp³-hybridized carbons (Fsp3) is 0.286. The summed E-state index contributed by atoms with van der Waals surface area (Å²) in [6.45, 7) is 3.79. The van der Waals surface area contributed by atoms with E-state index in [-0.39, 0.29) is 0 Å². The van der Waals surface area contributed by atoms with E-state index in [1.165, 1.54) is 6.34 Å². The molecule has 2 N–H and O–H groups in total. The van der Waals surface area contributed by atoms with Crippen molar-refractivity contribution < 1.29 is 0 Å². The normalized spacial score (nSPS) is 10.7. The van der Waals surface area contributed by atoms with E-state index in [4.69, 9.17) is 5.73 Å². The second-order valence-electron chi connectivity index (χ2n) is 2.23. The Bertz CT molecular complexity index is 260. The van der Waals surface area contributed by atoms with Gasteiger partial charge < -0.3 is 5.73 Å².